The van der Waals surface area contributed by atoms with E-state index in [2.05, 4.69) is 14.7 Å². The average Bonchev–Trinajstić information content (AvgIpc) is 2.63. The second-order valence-electron chi connectivity index (χ2n) is 6.16. The van der Waals surface area contributed by atoms with Crippen LogP contribution < -0.4 is 14.2 Å². The predicted molar refractivity (Wildman–Crippen MR) is 91.9 cm³/mol. The molecule has 0 atom stereocenters. The van der Waals surface area contributed by atoms with E-state index in [4.69, 9.17) is 9.47 Å². The van der Waals surface area contributed by atoms with Gasteiger partial charge in [0.05, 0.1) is 7.11 Å². The van der Waals surface area contributed by atoms with Crippen LogP contribution in [0.15, 0.2) is 35.5 Å². The van der Waals surface area contributed by atoms with E-state index < -0.39 is 26.6 Å². The van der Waals surface area contributed by atoms with Gasteiger partial charge in [0.25, 0.3) is 11.8 Å². The molecule has 3 rings (SSSR count). The quantitative estimate of drug-likeness (QED) is 0.802. The number of rotatable bonds is 6. The first-order valence-electron chi connectivity index (χ1n) is 8.38. The number of sulfonamides is 1. The summed E-state index contributed by atoms with van der Waals surface area (Å²) in [4.78, 5) is 7.53. The van der Waals surface area contributed by atoms with Gasteiger partial charge in [0, 0.05) is 24.5 Å². The van der Waals surface area contributed by atoms with Crippen molar-refractivity contribution in [3.63, 3.8) is 0 Å². The number of hydrogen-bond acceptors (Lipinski definition) is 6. The maximum absolute atomic E-state index is 13.8. The molecule has 1 fully saturated rings. The molecular weight excluding hydrogens is 380 g/mol. The summed E-state index contributed by atoms with van der Waals surface area (Å²) in [6.07, 6.45) is 5.02. The summed E-state index contributed by atoms with van der Waals surface area (Å²) in [7, 11) is -2.60. The molecule has 0 aliphatic heterocycles. The number of hydrogen-bond donors (Lipinski definition) is 1. The number of nitrogens with one attached hydrogen (secondary N) is 1. The first-order chi connectivity index (χ1) is 12.9. The first-order valence-corrected chi connectivity index (χ1v) is 9.86. The van der Waals surface area contributed by atoms with E-state index in [9.17, 15) is 17.2 Å². The zero-order chi connectivity index (χ0) is 19.4. The Labute approximate surface area is 155 Å². The second kappa shape index (κ2) is 8.13. The summed E-state index contributed by atoms with van der Waals surface area (Å²) in [6.45, 7) is 0. The molecule has 0 saturated heterocycles. The lowest BCUT2D eigenvalue weighted by atomic mass is 9.94. The maximum atomic E-state index is 13.8. The minimum Gasteiger partial charge on any atom is -0.477 e. The van der Waals surface area contributed by atoms with Gasteiger partial charge in [0.1, 0.15) is 22.6 Å². The molecule has 0 bridgehead atoms. The second-order valence-corrected chi connectivity index (χ2v) is 7.84. The monoisotopic (exact) mass is 399 g/mol. The molecule has 1 aliphatic rings. The number of ether oxygens (including phenoxy) is 2. The molecular formula is C17H19F2N3O4S. The topological polar surface area (TPSA) is 90.4 Å². The average molecular weight is 399 g/mol. The molecule has 1 saturated carbocycles. The van der Waals surface area contributed by atoms with E-state index in [0.29, 0.717) is 31.7 Å². The minimum atomic E-state index is -4.07. The van der Waals surface area contributed by atoms with Crippen molar-refractivity contribution in [1.29, 1.82) is 0 Å². The van der Waals surface area contributed by atoms with Crippen molar-refractivity contribution >= 4 is 10.0 Å². The Hall–Kier alpha value is -2.33. The Bertz CT molecular complexity index is 903. The molecule has 0 amide bonds. The van der Waals surface area contributed by atoms with Crippen molar-refractivity contribution in [2.24, 2.45) is 0 Å². The van der Waals surface area contributed by atoms with Gasteiger partial charge in [0.2, 0.25) is 10.0 Å². The van der Waals surface area contributed by atoms with E-state index >= 15 is 0 Å². The van der Waals surface area contributed by atoms with Crippen LogP contribution in [-0.4, -0.2) is 37.6 Å². The smallest absolute Gasteiger partial charge is 0.278 e. The van der Waals surface area contributed by atoms with Crippen LogP contribution in [0.2, 0.25) is 0 Å². The maximum Gasteiger partial charge on any atom is 0.278 e. The zero-order valence-electron chi connectivity index (χ0n) is 14.6. The van der Waals surface area contributed by atoms with Crippen LogP contribution in [-0.2, 0) is 10.0 Å². The van der Waals surface area contributed by atoms with E-state index in [0.717, 1.165) is 12.1 Å². The third-order valence-electron chi connectivity index (χ3n) is 4.28. The summed E-state index contributed by atoms with van der Waals surface area (Å²) >= 11 is 0. The molecule has 10 heteroatoms. The number of methoxy groups -OCH3 is 1. The molecule has 0 radical (unpaired) electrons. The van der Waals surface area contributed by atoms with Crippen molar-refractivity contribution < 1.29 is 26.7 Å². The molecule has 1 aromatic heterocycles. The summed E-state index contributed by atoms with van der Waals surface area (Å²) < 4.78 is 64.8. The summed E-state index contributed by atoms with van der Waals surface area (Å²) in [5.74, 6) is -1.37. The molecule has 0 spiro atoms. The summed E-state index contributed by atoms with van der Waals surface area (Å²) in [6, 6.07) is 2.02. The Morgan fingerprint density at radius 3 is 2.37 bits per heavy atom. The molecule has 146 valence electrons. The van der Waals surface area contributed by atoms with Gasteiger partial charge in [-0.25, -0.2) is 31.9 Å². The molecule has 2 aromatic rings. The Morgan fingerprint density at radius 1 is 1.07 bits per heavy atom. The Morgan fingerprint density at radius 2 is 1.74 bits per heavy atom. The summed E-state index contributed by atoms with van der Waals surface area (Å²) in [5.41, 5.74) is 0. The van der Waals surface area contributed by atoms with Crippen LogP contribution in [0.3, 0.4) is 0 Å². The van der Waals surface area contributed by atoms with Gasteiger partial charge in [-0.1, -0.05) is 0 Å². The minimum absolute atomic E-state index is 0.154. The normalized spacial score (nSPS) is 20.3. The van der Waals surface area contributed by atoms with Gasteiger partial charge < -0.3 is 9.47 Å². The van der Waals surface area contributed by atoms with Crippen molar-refractivity contribution in [1.82, 2.24) is 14.7 Å². The van der Waals surface area contributed by atoms with Gasteiger partial charge in [-0.15, -0.1) is 0 Å². The zero-order valence-corrected chi connectivity index (χ0v) is 15.4. The Balaban J connectivity index is 1.59. The highest BCUT2D eigenvalue weighted by atomic mass is 32.2. The van der Waals surface area contributed by atoms with Crippen LogP contribution in [0.25, 0.3) is 0 Å². The van der Waals surface area contributed by atoms with Gasteiger partial charge in [0.15, 0.2) is 0 Å². The van der Waals surface area contributed by atoms with Gasteiger partial charge in [-0.05, 0) is 37.8 Å². The van der Waals surface area contributed by atoms with Gasteiger partial charge in [-0.3, -0.25) is 0 Å². The molecule has 1 heterocycles. The summed E-state index contributed by atoms with van der Waals surface area (Å²) in [5, 5.41) is 0. The number of nitrogens with zero attached hydrogens (tertiary/aromatic N) is 2. The molecule has 1 N–H and O–H groups in total. The fraction of sp³-hybridized carbons (Fsp3) is 0.412. The Kier molecular flexibility index (Phi) is 5.85. The van der Waals surface area contributed by atoms with Crippen molar-refractivity contribution in [2.45, 2.75) is 42.7 Å². The van der Waals surface area contributed by atoms with Crippen LogP contribution in [0.5, 0.6) is 11.8 Å². The van der Waals surface area contributed by atoms with Crippen LogP contribution >= 0.6 is 0 Å². The van der Waals surface area contributed by atoms with E-state index in [1.807, 2.05) is 0 Å². The number of halogens is 2. The third kappa shape index (κ3) is 4.69. The SMILES string of the molecule is COc1nccnc1OC1CCC(NS(=O)(=O)c2ccc(F)cc2F)CC1. The predicted octanol–water partition coefficient (Wildman–Crippen LogP) is 2.43. The fourth-order valence-electron chi connectivity index (χ4n) is 2.97. The number of benzene rings is 1. The molecule has 1 aromatic carbocycles. The van der Waals surface area contributed by atoms with Crippen LogP contribution in [0.1, 0.15) is 25.7 Å². The highest BCUT2D eigenvalue weighted by molar-refractivity contribution is 7.89. The fourth-order valence-corrected chi connectivity index (χ4v) is 4.33. The van der Waals surface area contributed by atoms with Crippen molar-refractivity contribution in [3.05, 3.63) is 42.2 Å². The standard InChI is InChI=1S/C17H19F2N3O4S/c1-25-16-17(21-9-8-20-16)26-13-5-3-12(4-6-13)22-27(23,24)15-7-2-11(18)10-14(15)19/h2,7-10,12-13,22H,3-6H2,1H3. The number of aromatic nitrogens is 2. The molecule has 1 aliphatic carbocycles. The highest BCUT2D eigenvalue weighted by Gasteiger charge is 2.29. The molecule has 7 nitrogen and oxygen atoms in total. The lowest BCUT2D eigenvalue weighted by Gasteiger charge is -2.29. The first kappa shape index (κ1) is 19.4. The van der Waals surface area contributed by atoms with Gasteiger partial charge >= 0.3 is 0 Å². The van der Waals surface area contributed by atoms with Crippen LogP contribution in [0.4, 0.5) is 8.78 Å². The lowest BCUT2D eigenvalue weighted by molar-refractivity contribution is 0.132. The lowest BCUT2D eigenvalue weighted by Crippen LogP contribution is -2.40. The largest absolute Gasteiger partial charge is 0.477 e. The third-order valence-corrected chi connectivity index (χ3v) is 5.84. The van der Waals surface area contributed by atoms with Crippen molar-refractivity contribution in [3.8, 4) is 11.8 Å². The van der Waals surface area contributed by atoms with Gasteiger partial charge in [-0.2, -0.15) is 0 Å². The van der Waals surface area contributed by atoms with E-state index in [-0.39, 0.29) is 23.9 Å². The van der Waals surface area contributed by atoms with E-state index in [1.165, 1.54) is 19.5 Å². The molecule has 27 heavy (non-hydrogen) atoms. The van der Waals surface area contributed by atoms with Crippen molar-refractivity contribution in [2.75, 3.05) is 7.11 Å². The molecule has 0 unspecified atom stereocenters. The van der Waals surface area contributed by atoms with Crippen LogP contribution in [0, 0.1) is 11.6 Å². The highest BCUT2D eigenvalue weighted by Crippen LogP contribution is 2.28. The van der Waals surface area contributed by atoms with E-state index in [1.54, 1.807) is 0 Å².